The van der Waals surface area contributed by atoms with Gasteiger partial charge in [0.05, 0.1) is 6.42 Å². The molecule has 0 radical (unpaired) electrons. The first kappa shape index (κ1) is 12.8. The maximum atomic E-state index is 13.1. The molecule has 0 saturated carbocycles. The Morgan fingerprint density at radius 3 is 3.15 bits per heavy atom. The van der Waals surface area contributed by atoms with Crippen LogP contribution in [0.2, 0.25) is 0 Å². The molecule has 1 fully saturated rings. The van der Waals surface area contributed by atoms with Gasteiger partial charge in [0.15, 0.2) is 5.82 Å². The van der Waals surface area contributed by atoms with E-state index in [4.69, 9.17) is 4.52 Å². The largest absolute Gasteiger partial charge is 0.343 e. The van der Waals surface area contributed by atoms with Gasteiger partial charge in [-0.3, -0.25) is 4.79 Å². The fourth-order valence-electron chi connectivity index (χ4n) is 2.49. The van der Waals surface area contributed by atoms with Crippen LogP contribution in [0.3, 0.4) is 0 Å². The summed E-state index contributed by atoms with van der Waals surface area (Å²) in [6.07, 6.45) is 2.34. The SMILES string of the molecule is O=C(Cc1cccc(F)c1)N1CC[C@@H](c2ncon2)C1. The van der Waals surface area contributed by atoms with Crippen molar-refractivity contribution in [3.63, 3.8) is 0 Å². The molecule has 0 N–H and O–H groups in total. The number of aromatic nitrogens is 2. The summed E-state index contributed by atoms with van der Waals surface area (Å²) in [6.45, 7) is 1.26. The molecule has 1 saturated heterocycles. The van der Waals surface area contributed by atoms with E-state index in [0.717, 1.165) is 6.42 Å². The predicted molar refractivity (Wildman–Crippen MR) is 68.3 cm³/mol. The van der Waals surface area contributed by atoms with Crippen molar-refractivity contribution < 1.29 is 13.7 Å². The summed E-state index contributed by atoms with van der Waals surface area (Å²) >= 11 is 0. The lowest BCUT2D eigenvalue weighted by atomic mass is 10.1. The minimum atomic E-state index is -0.318. The second-order valence-electron chi connectivity index (χ2n) is 4.92. The predicted octanol–water partition coefficient (Wildman–Crippen LogP) is 1.77. The number of hydrogen-bond acceptors (Lipinski definition) is 4. The Morgan fingerprint density at radius 2 is 2.40 bits per heavy atom. The van der Waals surface area contributed by atoms with Gasteiger partial charge in [-0.05, 0) is 24.1 Å². The Hall–Kier alpha value is -2.24. The lowest BCUT2D eigenvalue weighted by Crippen LogP contribution is -2.30. The molecular formula is C14H14FN3O2. The molecule has 104 valence electrons. The van der Waals surface area contributed by atoms with Crippen molar-refractivity contribution in [3.05, 3.63) is 47.9 Å². The quantitative estimate of drug-likeness (QED) is 0.856. The molecule has 1 atom stereocenters. The highest BCUT2D eigenvalue weighted by Crippen LogP contribution is 2.24. The summed E-state index contributed by atoms with van der Waals surface area (Å²) in [7, 11) is 0. The summed E-state index contributed by atoms with van der Waals surface area (Å²) in [6, 6.07) is 6.14. The van der Waals surface area contributed by atoms with Crippen molar-refractivity contribution in [1.82, 2.24) is 15.0 Å². The standard InChI is InChI=1S/C14H14FN3O2/c15-12-3-1-2-10(6-12)7-13(19)18-5-4-11(8-18)14-16-9-20-17-14/h1-3,6,9,11H,4-5,7-8H2/t11-/m1/s1. The maximum absolute atomic E-state index is 13.1. The van der Waals surface area contributed by atoms with Crippen LogP contribution in [0.15, 0.2) is 35.2 Å². The second-order valence-corrected chi connectivity index (χ2v) is 4.92. The number of carbonyl (C=O) groups excluding carboxylic acids is 1. The number of halogens is 1. The Labute approximate surface area is 115 Å². The fourth-order valence-corrected chi connectivity index (χ4v) is 2.49. The molecule has 1 aliphatic rings. The van der Waals surface area contributed by atoms with Crippen LogP contribution in [0.1, 0.15) is 23.7 Å². The van der Waals surface area contributed by atoms with Crippen LogP contribution in [-0.4, -0.2) is 34.0 Å². The summed E-state index contributed by atoms with van der Waals surface area (Å²) in [5.41, 5.74) is 0.693. The third-order valence-electron chi connectivity index (χ3n) is 3.53. The van der Waals surface area contributed by atoms with Crippen LogP contribution in [0.25, 0.3) is 0 Å². The van der Waals surface area contributed by atoms with Gasteiger partial charge in [0, 0.05) is 19.0 Å². The fraction of sp³-hybridized carbons (Fsp3) is 0.357. The molecule has 1 aliphatic heterocycles. The molecule has 20 heavy (non-hydrogen) atoms. The van der Waals surface area contributed by atoms with Gasteiger partial charge >= 0.3 is 0 Å². The van der Waals surface area contributed by atoms with Gasteiger partial charge in [-0.2, -0.15) is 4.98 Å². The van der Waals surface area contributed by atoms with Crippen LogP contribution in [0.5, 0.6) is 0 Å². The summed E-state index contributed by atoms with van der Waals surface area (Å²) in [5.74, 6) is 0.458. The minimum absolute atomic E-state index is 0.00148. The third kappa shape index (κ3) is 2.68. The number of amides is 1. The van der Waals surface area contributed by atoms with Gasteiger partial charge in [0.1, 0.15) is 5.82 Å². The smallest absolute Gasteiger partial charge is 0.227 e. The van der Waals surface area contributed by atoms with E-state index in [-0.39, 0.29) is 24.1 Å². The van der Waals surface area contributed by atoms with E-state index < -0.39 is 0 Å². The number of benzene rings is 1. The van der Waals surface area contributed by atoms with E-state index in [2.05, 4.69) is 10.1 Å². The van der Waals surface area contributed by atoms with Gasteiger partial charge < -0.3 is 9.42 Å². The lowest BCUT2D eigenvalue weighted by molar-refractivity contribution is -0.129. The first-order chi connectivity index (χ1) is 9.72. The summed E-state index contributed by atoms with van der Waals surface area (Å²) in [4.78, 5) is 18.0. The Bertz CT molecular complexity index is 600. The average molecular weight is 275 g/mol. The summed E-state index contributed by atoms with van der Waals surface area (Å²) < 4.78 is 17.8. The van der Waals surface area contributed by atoms with E-state index in [0.29, 0.717) is 24.5 Å². The molecule has 0 spiro atoms. The van der Waals surface area contributed by atoms with Crippen molar-refractivity contribution in [2.24, 2.45) is 0 Å². The van der Waals surface area contributed by atoms with Crippen LogP contribution in [-0.2, 0) is 11.2 Å². The van der Waals surface area contributed by atoms with Crippen molar-refractivity contribution in [2.45, 2.75) is 18.8 Å². The number of nitrogens with zero attached hydrogens (tertiary/aromatic N) is 3. The topological polar surface area (TPSA) is 59.2 Å². The molecule has 6 heteroatoms. The Kier molecular flexibility index (Phi) is 3.45. The molecule has 1 aromatic heterocycles. The summed E-state index contributed by atoms with van der Waals surface area (Å²) in [5, 5.41) is 3.81. The highest BCUT2D eigenvalue weighted by atomic mass is 19.1. The van der Waals surface area contributed by atoms with Crippen molar-refractivity contribution in [1.29, 1.82) is 0 Å². The molecule has 2 heterocycles. The normalized spacial score (nSPS) is 18.4. The van der Waals surface area contributed by atoms with Crippen LogP contribution in [0, 0.1) is 5.82 Å². The van der Waals surface area contributed by atoms with Crippen LogP contribution in [0.4, 0.5) is 4.39 Å². The molecular weight excluding hydrogens is 261 g/mol. The van der Waals surface area contributed by atoms with E-state index in [1.54, 1.807) is 17.0 Å². The van der Waals surface area contributed by atoms with E-state index in [9.17, 15) is 9.18 Å². The van der Waals surface area contributed by atoms with Crippen LogP contribution >= 0.6 is 0 Å². The average Bonchev–Trinajstić information content (AvgIpc) is 3.10. The first-order valence-corrected chi connectivity index (χ1v) is 6.51. The third-order valence-corrected chi connectivity index (χ3v) is 3.53. The van der Waals surface area contributed by atoms with E-state index in [1.165, 1.54) is 18.5 Å². The molecule has 2 aromatic rings. The van der Waals surface area contributed by atoms with Gasteiger partial charge in [-0.15, -0.1) is 0 Å². The number of rotatable bonds is 3. The number of hydrogen-bond donors (Lipinski definition) is 0. The molecule has 3 rings (SSSR count). The highest BCUT2D eigenvalue weighted by molar-refractivity contribution is 5.79. The van der Waals surface area contributed by atoms with Crippen LogP contribution < -0.4 is 0 Å². The molecule has 0 aliphatic carbocycles. The molecule has 5 nitrogen and oxygen atoms in total. The second kappa shape index (κ2) is 5.40. The number of likely N-dealkylation sites (tertiary alicyclic amines) is 1. The molecule has 1 amide bonds. The van der Waals surface area contributed by atoms with Gasteiger partial charge in [-0.1, -0.05) is 17.3 Å². The molecule has 0 unspecified atom stereocenters. The van der Waals surface area contributed by atoms with E-state index >= 15 is 0 Å². The Balaban J connectivity index is 1.61. The molecule has 0 bridgehead atoms. The van der Waals surface area contributed by atoms with Crippen molar-refractivity contribution >= 4 is 5.91 Å². The van der Waals surface area contributed by atoms with Gasteiger partial charge in [0.25, 0.3) is 0 Å². The zero-order chi connectivity index (χ0) is 13.9. The first-order valence-electron chi connectivity index (χ1n) is 6.51. The van der Waals surface area contributed by atoms with Crippen molar-refractivity contribution in [3.8, 4) is 0 Å². The minimum Gasteiger partial charge on any atom is -0.343 e. The van der Waals surface area contributed by atoms with E-state index in [1.807, 2.05) is 0 Å². The monoisotopic (exact) mass is 275 g/mol. The zero-order valence-corrected chi connectivity index (χ0v) is 10.8. The zero-order valence-electron chi connectivity index (χ0n) is 10.8. The van der Waals surface area contributed by atoms with Gasteiger partial charge in [-0.25, -0.2) is 4.39 Å². The molecule has 1 aromatic carbocycles. The maximum Gasteiger partial charge on any atom is 0.227 e. The number of carbonyl (C=O) groups is 1. The lowest BCUT2D eigenvalue weighted by Gasteiger charge is -2.15. The van der Waals surface area contributed by atoms with Gasteiger partial charge in [0.2, 0.25) is 12.3 Å². The Morgan fingerprint density at radius 1 is 1.50 bits per heavy atom. The van der Waals surface area contributed by atoms with Crippen molar-refractivity contribution in [2.75, 3.05) is 13.1 Å². The highest BCUT2D eigenvalue weighted by Gasteiger charge is 2.29.